The zero-order chi connectivity index (χ0) is 8.10. The molecule has 0 saturated carbocycles. The molecule has 0 aliphatic rings. The third-order valence-electron chi connectivity index (χ3n) is 1.22. The first-order valence-corrected chi connectivity index (χ1v) is 3.56. The van der Waals surface area contributed by atoms with Crippen molar-refractivity contribution in [3.63, 3.8) is 0 Å². The van der Waals surface area contributed by atoms with Crippen LogP contribution in [0.25, 0.3) is 0 Å². The summed E-state index contributed by atoms with van der Waals surface area (Å²) in [5.41, 5.74) is 5.31. The van der Waals surface area contributed by atoms with Crippen molar-refractivity contribution in [2.24, 2.45) is 5.73 Å². The van der Waals surface area contributed by atoms with Crippen LogP contribution < -0.4 is 5.73 Å². The zero-order valence-corrected chi connectivity index (χ0v) is 6.49. The Morgan fingerprint density at radius 3 is 2.36 bits per heavy atom. The average molecular weight is 153 g/mol. The normalized spacial score (nSPS) is 10.0. The van der Waals surface area contributed by atoms with E-state index in [-0.39, 0.29) is 0 Å². The molecule has 5 nitrogen and oxygen atoms in total. The Labute approximate surface area is 65.0 Å². The van der Waals surface area contributed by atoms with Crippen molar-refractivity contribution in [3.05, 3.63) is 11.6 Å². The van der Waals surface area contributed by atoms with Crippen molar-refractivity contribution in [3.8, 4) is 0 Å². The first-order valence-electron chi connectivity index (χ1n) is 3.56. The highest BCUT2D eigenvalue weighted by molar-refractivity contribution is 4.79. The number of hydrogen-bond acceptors (Lipinski definition) is 5. The van der Waals surface area contributed by atoms with Gasteiger partial charge in [-0.25, -0.2) is 0 Å². The molecule has 0 fully saturated rings. The lowest BCUT2D eigenvalue weighted by Gasteiger charge is -1.94. The molecular weight excluding hydrogens is 142 g/mol. The van der Waals surface area contributed by atoms with Crippen LogP contribution in [-0.2, 0) is 6.42 Å². The molecular formula is C6H11N5. The van der Waals surface area contributed by atoms with Crippen LogP contribution in [0, 0.1) is 6.92 Å². The summed E-state index contributed by atoms with van der Waals surface area (Å²) in [4.78, 5) is 0. The minimum atomic E-state index is 0.599. The molecule has 0 aliphatic heterocycles. The topological polar surface area (TPSA) is 77.6 Å². The van der Waals surface area contributed by atoms with Gasteiger partial charge in [0.1, 0.15) is 0 Å². The second kappa shape index (κ2) is 3.92. The van der Waals surface area contributed by atoms with E-state index in [1.807, 2.05) is 0 Å². The van der Waals surface area contributed by atoms with Gasteiger partial charge < -0.3 is 5.73 Å². The Morgan fingerprint density at radius 1 is 1.18 bits per heavy atom. The molecule has 60 valence electrons. The maximum absolute atomic E-state index is 5.31. The lowest BCUT2D eigenvalue weighted by atomic mass is 10.3. The van der Waals surface area contributed by atoms with E-state index < -0.39 is 0 Å². The number of nitrogens with zero attached hydrogens (tertiary/aromatic N) is 4. The van der Waals surface area contributed by atoms with Gasteiger partial charge in [0.15, 0.2) is 11.6 Å². The van der Waals surface area contributed by atoms with Crippen molar-refractivity contribution in [1.29, 1.82) is 0 Å². The Bertz CT molecular complexity index is 207. The maximum Gasteiger partial charge on any atom is 0.173 e. The van der Waals surface area contributed by atoms with Gasteiger partial charge in [-0.2, -0.15) is 0 Å². The maximum atomic E-state index is 5.31. The number of hydrogen-bond donors (Lipinski definition) is 1. The molecule has 2 N–H and O–H groups in total. The van der Waals surface area contributed by atoms with Crippen LogP contribution in [0.3, 0.4) is 0 Å². The standard InChI is InChI=1S/C6H11N5/c1-5-8-10-6(11-9-5)3-2-4-7/h2-4,7H2,1H3. The molecule has 1 aromatic rings. The van der Waals surface area contributed by atoms with Crippen molar-refractivity contribution < 1.29 is 0 Å². The second-order valence-electron chi connectivity index (χ2n) is 2.26. The summed E-state index contributed by atoms with van der Waals surface area (Å²) in [5.74, 6) is 1.27. The molecule has 5 heteroatoms. The highest BCUT2D eigenvalue weighted by Crippen LogP contribution is 1.89. The average Bonchev–Trinajstić information content (AvgIpc) is 2.04. The van der Waals surface area contributed by atoms with Crippen LogP contribution in [0.5, 0.6) is 0 Å². The van der Waals surface area contributed by atoms with Crippen molar-refractivity contribution in [2.75, 3.05) is 6.54 Å². The molecule has 0 unspecified atom stereocenters. The summed E-state index contributed by atoms with van der Waals surface area (Å²) in [7, 11) is 0. The van der Waals surface area contributed by atoms with Gasteiger partial charge in [-0.15, -0.1) is 20.4 Å². The van der Waals surface area contributed by atoms with Crippen molar-refractivity contribution >= 4 is 0 Å². The SMILES string of the molecule is Cc1nnc(CCCN)nn1. The number of rotatable bonds is 3. The van der Waals surface area contributed by atoms with Crippen LogP contribution in [0.15, 0.2) is 0 Å². The van der Waals surface area contributed by atoms with Crippen LogP contribution >= 0.6 is 0 Å². The Morgan fingerprint density at radius 2 is 1.82 bits per heavy atom. The fourth-order valence-corrected chi connectivity index (χ4v) is 0.660. The van der Waals surface area contributed by atoms with E-state index >= 15 is 0 Å². The quantitative estimate of drug-likeness (QED) is 0.631. The summed E-state index contributed by atoms with van der Waals surface area (Å²) in [6, 6.07) is 0. The highest BCUT2D eigenvalue weighted by atomic mass is 15.3. The monoisotopic (exact) mass is 153 g/mol. The smallest absolute Gasteiger partial charge is 0.173 e. The summed E-state index contributed by atoms with van der Waals surface area (Å²) in [5, 5.41) is 15.2. The van der Waals surface area contributed by atoms with Crippen molar-refractivity contribution in [1.82, 2.24) is 20.4 Å². The fourth-order valence-electron chi connectivity index (χ4n) is 0.660. The molecule has 0 saturated heterocycles. The third-order valence-corrected chi connectivity index (χ3v) is 1.22. The lowest BCUT2D eigenvalue weighted by molar-refractivity contribution is 0.693. The molecule has 0 aromatic carbocycles. The largest absolute Gasteiger partial charge is 0.330 e. The molecule has 1 aromatic heterocycles. The van der Waals surface area contributed by atoms with E-state index in [0.29, 0.717) is 18.2 Å². The first-order chi connectivity index (χ1) is 5.33. The molecule has 1 heterocycles. The van der Waals surface area contributed by atoms with Crippen LogP contribution in [0.1, 0.15) is 18.1 Å². The van der Waals surface area contributed by atoms with Gasteiger partial charge in [0.2, 0.25) is 0 Å². The predicted molar refractivity (Wildman–Crippen MR) is 39.7 cm³/mol. The first kappa shape index (κ1) is 8.00. The molecule has 0 bridgehead atoms. The van der Waals surface area contributed by atoms with Gasteiger partial charge in [0.25, 0.3) is 0 Å². The minimum absolute atomic E-state index is 0.599. The number of nitrogens with two attached hydrogens (primary N) is 1. The van der Waals surface area contributed by atoms with E-state index in [1.165, 1.54) is 0 Å². The molecule has 0 atom stereocenters. The summed E-state index contributed by atoms with van der Waals surface area (Å²) in [6.45, 7) is 2.41. The zero-order valence-electron chi connectivity index (χ0n) is 6.49. The fraction of sp³-hybridized carbons (Fsp3) is 0.667. The Kier molecular flexibility index (Phi) is 2.85. The van der Waals surface area contributed by atoms with E-state index in [0.717, 1.165) is 12.8 Å². The Balaban J connectivity index is 2.52. The molecule has 0 spiro atoms. The number of aromatic nitrogens is 4. The van der Waals surface area contributed by atoms with Gasteiger partial charge in [0.05, 0.1) is 0 Å². The summed E-state index contributed by atoms with van der Waals surface area (Å²) < 4.78 is 0. The lowest BCUT2D eigenvalue weighted by Crippen LogP contribution is -2.06. The van der Waals surface area contributed by atoms with Gasteiger partial charge in [-0.1, -0.05) is 0 Å². The van der Waals surface area contributed by atoms with Gasteiger partial charge >= 0.3 is 0 Å². The van der Waals surface area contributed by atoms with E-state index in [1.54, 1.807) is 6.92 Å². The number of aryl methyl sites for hydroxylation is 2. The summed E-state index contributed by atoms with van der Waals surface area (Å²) in [6.07, 6.45) is 1.64. The van der Waals surface area contributed by atoms with Gasteiger partial charge in [0, 0.05) is 6.42 Å². The molecule has 0 amide bonds. The minimum Gasteiger partial charge on any atom is -0.330 e. The second-order valence-corrected chi connectivity index (χ2v) is 2.26. The Hall–Kier alpha value is -1.10. The molecule has 0 radical (unpaired) electrons. The van der Waals surface area contributed by atoms with Gasteiger partial charge in [-0.3, -0.25) is 0 Å². The van der Waals surface area contributed by atoms with E-state index in [4.69, 9.17) is 5.73 Å². The predicted octanol–water partition coefficient (Wildman–Crippen LogP) is -0.534. The molecule has 1 rings (SSSR count). The highest BCUT2D eigenvalue weighted by Gasteiger charge is 1.96. The van der Waals surface area contributed by atoms with Gasteiger partial charge in [-0.05, 0) is 19.9 Å². The molecule has 11 heavy (non-hydrogen) atoms. The van der Waals surface area contributed by atoms with Crippen LogP contribution in [0.4, 0.5) is 0 Å². The van der Waals surface area contributed by atoms with E-state index in [2.05, 4.69) is 20.4 Å². The molecule has 0 aliphatic carbocycles. The summed E-state index contributed by atoms with van der Waals surface area (Å²) >= 11 is 0. The van der Waals surface area contributed by atoms with E-state index in [9.17, 15) is 0 Å². The van der Waals surface area contributed by atoms with Crippen LogP contribution in [-0.4, -0.2) is 26.9 Å². The van der Waals surface area contributed by atoms with Crippen molar-refractivity contribution in [2.45, 2.75) is 19.8 Å². The van der Waals surface area contributed by atoms with Crippen LogP contribution in [0.2, 0.25) is 0 Å². The third kappa shape index (κ3) is 2.55.